The second kappa shape index (κ2) is 5.72. The van der Waals surface area contributed by atoms with E-state index < -0.39 is 22.5 Å². The van der Waals surface area contributed by atoms with Gasteiger partial charge in [0, 0.05) is 6.07 Å². The lowest BCUT2D eigenvalue weighted by Crippen LogP contribution is -2.24. The number of sulfone groups is 1. The molecule has 1 N–H and O–H groups in total. The van der Waals surface area contributed by atoms with Crippen LogP contribution in [0.4, 0.5) is 4.79 Å². The second-order valence-electron chi connectivity index (χ2n) is 5.29. The maximum Gasteiger partial charge on any atom is 0.511 e. The number of hydrogen-bond donors (Lipinski definition) is 1. The highest BCUT2D eigenvalue weighted by molar-refractivity contribution is 7.91. The van der Waals surface area contributed by atoms with E-state index in [-0.39, 0.29) is 21.3 Å². The summed E-state index contributed by atoms with van der Waals surface area (Å²) in [6.07, 6.45) is -1.56. The number of benzene rings is 2. The zero-order valence-corrected chi connectivity index (χ0v) is 13.7. The van der Waals surface area contributed by atoms with E-state index in [0.717, 1.165) is 5.56 Å². The van der Waals surface area contributed by atoms with E-state index in [1.165, 1.54) is 24.3 Å². The molecule has 0 saturated carbocycles. The van der Waals surface area contributed by atoms with E-state index in [1.54, 1.807) is 19.1 Å². The van der Waals surface area contributed by atoms with Crippen molar-refractivity contribution in [1.82, 2.24) is 0 Å². The molecular formula is C16H14O7S. The third-order valence-corrected chi connectivity index (χ3v) is 5.42. The Bertz CT molecular complexity index is 901. The molecule has 2 aromatic carbocycles. The maximum atomic E-state index is 12.8. The van der Waals surface area contributed by atoms with Gasteiger partial charge in [-0.25, -0.2) is 13.2 Å². The third-order valence-electron chi connectivity index (χ3n) is 3.51. The van der Waals surface area contributed by atoms with Gasteiger partial charge in [-0.05, 0) is 37.6 Å². The Labute approximate surface area is 138 Å². The molecule has 0 saturated heterocycles. The van der Waals surface area contributed by atoms with Crippen molar-refractivity contribution in [3.8, 4) is 11.5 Å². The first-order valence-electron chi connectivity index (χ1n) is 6.96. The number of ether oxygens (including phenoxy) is 3. The predicted molar refractivity (Wildman–Crippen MR) is 82.0 cm³/mol. The van der Waals surface area contributed by atoms with Crippen LogP contribution >= 0.6 is 0 Å². The fourth-order valence-corrected chi connectivity index (χ4v) is 3.82. The first-order valence-corrected chi connectivity index (χ1v) is 8.45. The minimum absolute atomic E-state index is 0.0599. The van der Waals surface area contributed by atoms with Gasteiger partial charge < -0.3 is 19.3 Å². The van der Waals surface area contributed by atoms with Crippen molar-refractivity contribution in [1.29, 1.82) is 0 Å². The van der Waals surface area contributed by atoms with E-state index in [1.807, 2.05) is 6.92 Å². The van der Waals surface area contributed by atoms with Crippen LogP contribution in [0.25, 0.3) is 0 Å². The van der Waals surface area contributed by atoms with Crippen LogP contribution in [0.2, 0.25) is 0 Å². The Morgan fingerprint density at radius 3 is 2.25 bits per heavy atom. The lowest BCUT2D eigenvalue weighted by molar-refractivity contribution is -0.147. The van der Waals surface area contributed by atoms with Gasteiger partial charge in [0.05, 0.1) is 9.79 Å². The molecule has 1 unspecified atom stereocenters. The van der Waals surface area contributed by atoms with Gasteiger partial charge in [0.1, 0.15) is 0 Å². The van der Waals surface area contributed by atoms with Crippen LogP contribution in [-0.4, -0.2) is 26.2 Å². The summed E-state index contributed by atoms with van der Waals surface area (Å²) >= 11 is 0. The molecule has 0 aliphatic carbocycles. The van der Waals surface area contributed by atoms with Crippen molar-refractivity contribution in [2.75, 3.05) is 0 Å². The highest BCUT2D eigenvalue weighted by atomic mass is 32.2. The summed E-state index contributed by atoms with van der Waals surface area (Å²) in [6.45, 7) is 2.04. The lowest BCUT2D eigenvalue weighted by Gasteiger charge is -2.09. The summed E-state index contributed by atoms with van der Waals surface area (Å²) < 4.78 is 40.3. The van der Waals surface area contributed by atoms with Gasteiger partial charge >= 0.3 is 12.6 Å². The molecule has 0 bridgehead atoms. The van der Waals surface area contributed by atoms with Crippen molar-refractivity contribution in [3.05, 3.63) is 47.5 Å². The Kier molecular flexibility index (Phi) is 3.84. The van der Waals surface area contributed by atoms with Crippen molar-refractivity contribution in [3.63, 3.8) is 0 Å². The number of carbonyl (C=O) groups is 1. The summed E-state index contributed by atoms with van der Waals surface area (Å²) in [5.41, 5.74) is 1.40. The van der Waals surface area contributed by atoms with Crippen molar-refractivity contribution >= 4 is 16.0 Å². The molecule has 8 heteroatoms. The molecule has 0 aromatic heterocycles. The van der Waals surface area contributed by atoms with Crippen LogP contribution in [0.3, 0.4) is 0 Å². The minimum Gasteiger partial charge on any atom is -0.450 e. The molecule has 0 radical (unpaired) electrons. The average molecular weight is 350 g/mol. The second-order valence-corrected chi connectivity index (χ2v) is 7.21. The number of rotatable bonds is 3. The predicted octanol–water partition coefficient (Wildman–Crippen LogP) is 2.89. The van der Waals surface area contributed by atoms with Gasteiger partial charge in [-0.2, -0.15) is 0 Å². The van der Waals surface area contributed by atoms with Crippen molar-refractivity contribution in [2.45, 2.75) is 30.1 Å². The van der Waals surface area contributed by atoms with Crippen LogP contribution in [0, 0.1) is 13.8 Å². The lowest BCUT2D eigenvalue weighted by atomic mass is 10.2. The zero-order valence-electron chi connectivity index (χ0n) is 12.8. The summed E-state index contributed by atoms with van der Waals surface area (Å²) in [5.74, 6) is 0.333. The van der Waals surface area contributed by atoms with Gasteiger partial charge in [0.25, 0.3) is 0 Å². The molecule has 2 aromatic rings. The highest BCUT2D eigenvalue weighted by Crippen LogP contribution is 2.40. The standard InChI is InChI=1S/C16H14O7S/c1-9-3-5-11(6-4-9)24(19,20)14-8-13-12(7-10(14)2)21-16(22-13)23-15(17)18/h3-8,16H,1-2H3,(H,17,18). The third kappa shape index (κ3) is 2.88. The molecule has 0 spiro atoms. The largest absolute Gasteiger partial charge is 0.511 e. The zero-order chi connectivity index (χ0) is 17.5. The molecule has 3 rings (SSSR count). The van der Waals surface area contributed by atoms with E-state index >= 15 is 0 Å². The first-order chi connectivity index (χ1) is 11.3. The monoisotopic (exact) mass is 350 g/mol. The van der Waals surface area contributed by atoms with Gasteiger partial charge in [0.15, 0.2) is 11.5 Å². The highest BCUT2D eigenvalue weighted by Gasteiger charge is 2.31. The molecule has 1 aliphatic rings. The molecule has 126 valence electrons. The molecule has 1 heterocycles. The first kappa shape index (κ1) is 16.1. The van der Waals surface area contributed by atoms with E-state index in [2.05, 4.69) is 4.74 Å². The Morgan fingerprint density at radius 2 is 1.67 bits per heavy atom. The van der Waals surface area contributed by atoms with Crippen LogP contribution in [0.15, 0.2) is 46.2 Å². The summed E-state index contributed by atoms with van der Waals surface area (Å²) in [7, 11) is -3.74. The van der Waals surface area contributed by atoms with E-state index in [0.29, 0.717) is 5.56 Å². The smallest absolute Gasteiger partial charge is 0.450 e. The topological polar surface area (TPSA) is 99.1 Å². The Hall–Kier alpha value is -2.74. The summed E-state index contributed by atoms with van der Waals surface area (Å²) in [5, 5.41) is 8.58. The molecule has 0 fully saturated rings. The normalized spacial score (nSPS) is 16.0. The molecule has 7 nitrogen and oxygen atoms in total. The molecule has 0 amide bonds. The van der Waals surface area contributed by atoms with Crippen LogP contribution in [0.1, 0.15) is 11.1 Å². The fraction of sp³-hybridized carbons (Fsp3) is 0.188. The Morgan fingerprint density at radius 1 is 1.08 bits per heavy atom. The van der Waals surface area contributed by atoms with Crippen LogP contribution < -0.4 is 9.47 Å². The van der Waals surface area contributed by atoms with Crippen LogP contribution in [0.5, 0.6) is 11.5 Å². The van der Waals surface area contributed by atoms with Gasteiger partial charge in [-0.15, -0.1) is 0 Å². The van der Waals surface area contributed by atoms with Gasteiger partial charge in [-0.1, -0.05) is 17.7 Å². The van der Waals surface area contributed by atoms with Gasteiger partial charge in [-0.3, -0.25) is 0 Å². The minimum atomic E-state index is -3.74. The number of fused-ring (bicyclic) bond motifs is 1. The fourth-order valence-electron chi connectivity index (χ4n) is 2.32. The molecule has 24 heavy (non-hydrogen) atoms. The summed E-state index contributed by atoms with van der Waals surface area (Å²) in [4.78, 5) is 10.8. The van der Waals surface area contributed by atoms with E-state index in [9.17, 15) is 13.2 Å². The molecule has 1 aliphatic heterocycles. The summed E-state index contributed by atoms with van der Waals surface area (Å²) in [6, 6.07) is 9.28. The molecule has 1 atom stereocenters. The Balaban J connectivity index is 1.99. The molecular weight excluding hydrogens is 336 g/mol. The van der Waals surface area contributed by atoms with Gasteiger partial charge in [0.2, 0.25) is 9.84 Å². The van der Waals surface area contributed by atoms with E-state index in [4.69, 9.17) is 14.6 Å². The average Bonchev–Trinajstić information content (AvgIpc) is 2.86. The number of carboxylic acid groups (broad SMARTS) is 1. The number of aryl methyl sites for hydroxylation is 2. The maximum absolute atomic E-state index is 12.8. The van der Waals surface area contributed by atoms with Crippen molar-refractivity contribution in [2.24, 2.45) is 0 Å². The van der Waals surface area contributed by atoms with Crippen LogP contribution in [-0.2, 0) is 14.6 Å². The number of hydrogen-bond acceptors (Lipinski definition) is 6. The SMILES string of the molecule is Cc1ccc(S(=O)(=O)c2cc3c(cc2C)OC(OC(=O)O)O3)cc1. The quantitative estimate of drug-likeness (QED) is 0.850. The van der Waals surface area contributed by atoms with Crippen molar-refractivity contribution < 1.29 is 32.5 Å².